The van der Waals surface area contributed by atoms with Crippen LogP contribution in [-0.4, -0.2) is 27.5 Å². The highest BCUT2D eigenvalue weighted by Crippen LogP contribution is 2.16. The maximum Gasteiger partial charge on any atom is 0.356 e. The molecule has 1 aromatic heterocycles. The molecule has 0 saturated carbocycles. The quantitative estimate of drug-likeness (QED) is 0.910. The summed E-state index contributed by atoms with van der Waals surface area (Å²) in [6, 6.07) is 7.50. The van der Waals surface area contributed by atoms with E-state index in [1.807, 2.05) is 32.0 Å². The number of aromatic nitrogens is 2. The Labute approximate surface area is 117 Å². The smallest absolute Gasteiger partial charge is 0.356 e. The lowest BCUT2D eigenvalue weighted by Crippen LogP contribution is -2.11. The molecule has 0 bridgehead atoms. The van der Waals surface area contributed by atoms with Crippen LogP contribution in [0.4, 0.5) is 0 Å². The molecule has 0 atom stereocenters. The average Bonchev–Trinajstić information content (AvgIpc) is 2.76. The minimum absolute atomic E-state index is 0.0636. The molecule has 0 amide bonds. The summed E-state index contributed by atoms with van der Waals surface area (Å²) in [4.78, 5) is 10.8. The fourth-order valence-electron chi connectivity index (χ4n) is 1.89. The number of aromatic carboxylic acids is 1. The van der Waals surface area contributed by atoms with Crippen LogP contribution < -0.4 is 4.74 Å². The zero-order chi connectivity index (χ0) is 14.7. The Morgan fingerprint density at radius 1 is 1.25 bits per heavy atom. The van der Waals surface area contributed by atoms with Crippen molar-refractivity contribution in [2.75, 3.05) is 6.61 Å². The van der Waals surface area contributed by atoms with Crippen molar-refractivity contribution >= 4 is 5.97 Å². The first-order valence-corrected chi connectivity index (χ1v) is 6.45. The zero-order valence-electron chi connectivity index (χ0n) is 11.9. The topological polar surface area (TPSA) is 64.4 Å². The van der Waals surface area contributed by atoms with Gasteiger partial charge >= 0.3 is 5.97 Å². The number of rotatable bonds is 5. The number of nitrogens with zero attached hydrogens (tertiary/aromatic N) is 2. The van der Waals surface area contributed by atoms with Crippen LogP contribution in [0.5, 0.6) is 5.75 Å². The number of aryl methyl sites for hydroxylation is 3. The Kier molecular flexibility index (Phi) is 4.08. The van der Waals surface area contributed by atoms with Crippen molar-refractivity contribution in [1.82, 2.24) is 9.78 Å². The van der Waals surface area contributed by atoms with Crippen molar-refractivity contribution < 1.29 is 14.6 Å². The summed E-state index contributed by atoms with van der Waals surface area (Å²) in [6.07, 6.45) is 0. The molecule has 0 aliphatic carbocycles. The fourth-order valence-corrected chi connectivity index (χ4v) is 1.89. The predicted octanol–water partition coefficient (Wildman–Crippen LogP) is 2.59. The summed E-state index contributed by atoms with van der Waals surface area (Å²) in [5.41, 5.74) is 3.29. The molecule has 0 spiro atoms. The lowest BCUT2D eigenvalue weighted by atomic mass is 10.1. The summed E-state index contributed by atoms with van der Waals surface area (Å²) < 4.78 is 7.31. The van der Waals surface area contributed by atoms with Gasteiger partial charge in [-0.05, 0) is 50.1 Å². The summed E-state index contributed by atoms with van der Waals surface area (Å²) in [5.74, 6) is -0.196. The van der Waals surface area contributed by atoms with E-state index in [1.165, 1.54) is 11.1 Å². The van der Waals surface area contributed by atoms with Gasteiger partial charge in [0, 0.05) is 5.69 Å². The highest BCUT2D eigenvalue weighted by atomic mass is 16.5. The van der Waals surface area contributed by atoms with E-state index in [-0.39, 0.29) is 5.69 Å². The Balaban J connectivity index is 1.95. The van der Waals surface area contributed by atoms with Crippen LogP contribution in [0.3, 0.4) is 0 Å². The van der Waals surface area contributed by atoms with Gasteiger partial charge < -0.3 is 9.84 Å². The van der Waals surface area contributed by atoms with Crippen LogP contribution in [0.1, 0.15) is 27.3 Å². The molecule has 1 heterocycles. The van der Waals surface area contributed by atoms with Gasteiger partial charge in [0.15, 0.2) is 5.69 Å². The van der Waals surface area contributed by atoms with Gasteiger partial charge in [-0.15, -0.1) is 0 Å². The van der Waals surface area contributed by atoms with Gasteiger partial charge in [0.05, 0.1) is 6.54 Å². The molecule has 1 aromatic carbocycles. The monoisotopic (exact) mass is 274 g/mol. The predicted molar refractivity (Wildman–Crippen MR) is 75.3 cm³/mol. The molecule has 0 unspecified atom stereocenters. The second-order valence-corrected chi connectivity index (χ2v) is 4.79. The Morgan fingerprint density at radius 2 is 2.00 bits per heavy atom. The van der Waals surface area contributed by atoms with Gasteiger partial charge in [0.2, 0.25) is 0 Å². The SMILES string of the molecule is Cc1ccc(OCCn2nc(C(=O)O)cc2C)cc1C. The van der Waals surface area contributed by atoms with E-state index >= 15 is 0 Å². The summed E-state index contributed by atoms with van der Waals surface area (Å²) >= 11 is 0. The minimum Gasteiger partial charge on any atom is -0.492 e. The van der Waals surface area contributed by atoms with Crippen LogP contribution in [0.15, 0.2) is 24.3 Å². The van der Waals surface area contributed by atoms with E-state index in [9.17, 15) is 4.79 Å². The number of hydrogen-bond donors (Lipinski definition) is 1. The average molecular weight is 274 g/mol. The van der Waals surface area contributed by atoms with E-state index in [1.54, 1.807) is 10.7 Å². The number of hydrogen-bond acceptors (Lipinski definition) is 3. The largest absolute Gasteiger partial charge is 0.492 e. The second-order valence-electron chi connectivity index (χ2n) is 4.79. The molecule has 1 N–H and O–H groups in total. The molecule has 5 nitrogen and oxygen atoms in total. The minimum atomic E-state index is -1.01. The molecule has 2 rings (SSSR count). The third-order valence-corrected chi connectivity index (χ3v) is 3.25. The number of benzene rings is 1. The Morgan fingerprint density at radius 3 is 2.60 bits per heavy atom. The number of carboxylic acid groups (broad SMARTS) is 1. The first kappa shape index (κ1) is 14.1. The van der Waals surface area contributed by atoms with Gasteiger partial charge in [-0.25, -0.2) is 4.79 Å². The van der Waals surface area contributed by atoms with E-state index in [2.05, 4.69) is 12.0 Å². The third-order valence-electron chi connectivity index (χ3n) is 3.25. The normalized spacial score (nSPS) is 10.6. The van der Waals surface area contributed by atoms with Gasteiger partial charge in [-0.3, -0.25) is 4.68 Å². The van der Waals surface area contributed by atoms with Gasteiger partial charge in [0.1, 0.15) is 12.4 Å². The lowest BCUT2D eigenvalue weighted by molar-refractivity contribution is 0.0689. The highest BCUT2D eigenvalue weighted by molar-refractivity contribution is 5.85. The molecule has 106 valence electrons. The molecule has 0 radical (unpaired) electrons. The van der Waals surface area contributed by atoms with Crippen molar-refractivity contribution in [2.45, 2.75) is 27.3 Å². The van der Waals surface area contributed by atoms with Crippen LogP contribution in [0.2, 0.25) is 0 Å². The molecular weight excluding hydrogens is 256 g/mol. The molecule has 0 fully saturated rings. The van der Waals surface area contributed by atoms with Crippen molar-refractivity contribution in [1.29, 1.82) is 0 Å². The lowest BCUT2D eigenvalue weighted by Gasteiger charge is -2.09. The van der Waals surface area contributed by atoms with Crippen molar-refractivity contribution in [3.63, 3.8) is 0 Å². The zero-order valence-corrected chi connectivity index (χ0v) is 11.9. The van der Waals surface area contributed by atoms with Crippen LogP contribution in [-0.2, 0) is 6.54 Å². The summed E-state index contributed by atoms with van der Waals surface area (Å²) in [6.45, 7) is 6.89. The van der Waals surface area contributed by atoms with E-state index in [4.69, 9.17) is 9.84 Å². The van der Waals surface area contributed by atoms with Crippen molar-refractivity contribution in [2.24, 2.45) is 0 Å². The Hall–Kier alpha value is -2.30. The molecule has 0 aliphatic heterocycles. The van der Waals surface area contributed by atoms with Gasteiger partial charge in [-0.1, -0.05) is 6.07 Å². The molecule has 5 heteroatoms. The van der Waals surface area contributed by atoms with Crippen molar-refractivity contribution in [3.8, 4) is 5.75 Å². The van der Waals surface area contributed by atoms with E-state index in [0.29, 0.717) is 13.2 Å². The van der Waals surface area contributed by atoms with Crippen LogP contribution in [0, 0.1) is 20.8 Å². The second kappa shape index (κ2) is 5.77. The standard InChI is InChI=1S/C15H18N2O3/c1-10-4-5-13(8-11(10)2)20-7-6-17-12(3)9-14(16-17)15(18)19/h4-5,8-9H,6-7H2,1-3H3,(H,18,19). The summed E-state index contributed by atoms with van der Waals surface area (Å²) in [5, 5.41) is 12.9. The van der Waals surface area contributed by atoms with Crippen LogP contribution in [0.25, 0.3) is 0 Å². The van der Waals surface area contributed by atoms with Gasteiger partial charge in [0.25, 0.3) is 0 Å². The third kappa shape index (κ3) is 3.17. The summed E-state index contributed by atoms with van der Waals surface area (Å²) in [7, 11) is 0. The van der Waals surface area contributed by atoms with Crippen LogP contribution >= 0.6 is 0 Å². The van der Waals surface area contributed by atoms with Crippen molar-refractivity contribution in [3.05, 3.63) is 46.8 Å². The number of carbonyl (C=O) groups is 1. The fraction of sp³-hybridized carbons (Fsp3) is 0.333. The molecule has 20 heavy (non-hydrogen) atoms. The van der Waals surface area contributed by atoms with Gasteiger partial charge in [-0.2, -0.15) is 5.10 Å². The molecule has 2 aromatic rings. The number of carboxylic acids is 1. The molecular formula is C15H18N2O3. The van der Waals surface area contributed by atoms with E-state index in [0.717, 1.165) is 11.4 Å². The Bertz CT molecular complexity index is 632. The highest BCUT2D eigenvalue weighted by Gasteiger charge is 2.10. The number of ether oxygens (including phenoxy) is 1. The molecule has 0 saturated heterocycles. The molecule has 0 aliphatic rings. The first-order valence-electron chi connectivity index (χ1n) is 6.45. The maximum atomic E-state index is 10.8. The first-order chi connectivity index (χ1) is 9.47. The van der Waals surface area contributed by atoms with E-state index < -0.39 is 5.97 Å². The maximum absolute atomic E-state index is 10.8.